The first-order chi connectivity index (χ1) is 8.95. The minimum atomic E-state index is -1.89. The van der Waals surface area contributed by atoms with Crippen molar-refractivity contribution >= 4 is 12.2 Å². The van der Waals surface area contributed by atoms with E-state index in [4.69, 9.17) is 22.1 Å². The standard InChI is InChI=1S/C10H13FN2O5S/c11-3-10(4-14)7(17)6(16)8(18-10)13-2-1-5(15)12-9(13)19/h1-2,6-8,14,16-17H,3-4H2,(H,12,15,19)/t6?,7-,8+,10+/m0/s1. The summed E-state index contributed by atoms with van der Waals surface area (Å²) >= 11 is 4.89. The largest absolute Gasteiger partial charge is 0.393 e. The summed E-state index contributed by atoms with van der Waals surface area (Å²) in [5, 5.41) is 28.8. The van der Waals surface area contributed by atoms with Gasteiger partial charge >= 0.3 is 0 Å². The number of rotatable bonds is 3. The summed E-state index contributed by atoms with van der Waals surface area (Å²) in [6.07, 6.45) is -3.03. The van der Waals surface area contributed by atoms with Crippen molar-refractivity contribution in [1.29, 1.82) is 0 Å². The lowest BCUT2D eigenvalue weighted by Gasteiger charge is -2.26. The summed E-state index contributed by atoms with van der Waals surface area (Å²) in [7, 11) is 0. The van der Waals surface area contributed by atoms with Crippen LogP contribution in [-0.4, -0.2) is 56.0 Å². The number of aliphatic hydroxyl groups is 3. The summed E-state index contributed by atoms with van der Waals surface area (Å²) in [5.41, 5.74) is -2.33. The maximum Gasteiger partial charge on any atom is 0.251 e. The molecule has 0 amide bonds. The highest BCUT2D eigenvalue weighted by Crippen LogP contribution is 2.37. The fourth-order valence-corrected chi connectivity index (χ4v) is 2.25. The first-order valence-corrected chi connectivity index (χ1v) is 5.88. The fourth-order valence-electron chi connectivity index (χ4n) is 1.98. The fraction of sp³-hybridized carbons (Fsp3) is 0.600. The first kappa shape index (κ1) is 14.3. The molecule has 19 heavy (non-hydrogen) atoms. The van der Waals surface area contributed by atoms with Crippen LogP contribution in [0, 0.1) is 4.77 Å². The SMILES string of the molecule is O=c1ccn([C@@H]2O[C@@](CO)(CF)[C@@H](O)C2O)c(=S)[nH]1. The molecule has 9 heteroatoms. The molecule has 1 aliphatic rings. The first-order valence-electron chi connectivity index (χ1n) is 5.47. The Labute approximate surface area is 111 Å². The van der Waals surface area contributed by atoms with Crippen molar-refractivity contribution in [1.82, 2.24) is 9.55 Å². The Bertz CT molecular complexity index is 570. The molecule has 0 aliphatic carbocycles. The Morgan fingerprint density at radius 2 is 2.26 bits per heavy atom. The molecule has 0 aromatic carbocycles. The average Bonchev–Trinajstić information content (AvgIpc) is 2.64. The van der Waals surface area contributed by atoms with Crippen molar-refractivity contribution in [2.45, 2.75) is 24.0 Å². The normalized spacial score (nSPS) is 34.6. The Morgan fingerprint density at radius 1 is 1.58 bits per heavy atom. The molecule has 1 aromatic heterocycles. The molecule has 0 radical (unpaired) electrons. The van der Waals surface area contributed by atoms with E-state index in [0.29, 0.717) is 0 Å². The molecule has 7 nitrogen and oxygen atoms in total. The van der Waals surface area contributed by atoms with Gasteiger partial charge in [-0.1, -0.05) is 0 Å². The number of hydrogen-bond acceptors (Lipinski definition) is 6. The topological polar surface area (TPSA) is 108 Å². The third-order valence-corrected chi connectivity index (χ3v) is 3.44. The zero-order valence-corrected chi connectivity index (χ0v) is 10.5. The van der Waals surface area contributed by atoms with Crippen LogP contribution >= 0.6 is 12.2 Å². The molecule has 1 saturated heterocycles. The Morgan fingerprint density at radius 3 is 2.74 bits per heavy atom. The highest BCUT2D eigenvalue weighted by molar-refractivity contribution is 7.71. The Kier molecular flexibility index (Phi) is 3.83. The summed E-state index contributed by atoms with van der Waals surface area (Å²) in [6, 6.07) is 1.15. The molecule has 2 heterocycles. The second kappa shape index (κ2) is 5.10. The van der Waals surface area contributed by atoms with Crippen LogP contribution in [0.2, 0.25) is 0 Å². The van der Waals surface area contributed by atoms with Gasteiger partial charge in [-0.3, -0.25) is 14.3 Å². The third kappa shape index (κ3) is 2.23. The van der Waals surface area contributed by atoms with Crippen LogP contribution in [0.4, 0.5) is 4.39 Å². The van der Waals surface area contributed by atoms with Crippen molar-refractivity contribution in [2.24, 2.45) is 0 Å². The van der Waals surface area contributed by atoms with Crippen LogP contribution in [0.15, 0.2) is 17.1 Å². The van der Waals surface area contributed by atoms with Gasteiger partial charge in [0.1, 0.15) is 18.9 Å². The number of H-pyrrole nitrogens is 1. The molecule has 4 N–H and O–H groups in total. The van der Waals surface area contributed by atoms with Crippen LogP contribution in [0.5, 0.6) is 0 Å². The summed E-state index contributed by atoms with van der Waals surface area (Å²) in [6.45, 7) is -1.97. The number of hydrogen-bond donors (Lipinski definition) is 4. The average molecular weight is 292 g/mol. The quantitative estimate of drug-likeness (QED) is 0.524. The van der Waals surface area contributed by atoms with Crippen LogP contribution in [-0.2, 0) is 4.74 Å². The van der Waals surface area contributed by atoms with E-state index in [-0.39, 0.29) is 4.77 Å². The molecule has 1 aromatic rings. The number of nitrogens with zero attached hydrogens (tertiary/aromatic N) is 1. The molecule has 1 fully saturated rings. The lowest BCUT2D eigenvalue weighted by atomic mass is 9.98. The van der Waals surface area contributed by atoms with E-state index in [2.05, 4.69) is 4.98 Å². The van der Waals surface area contributed by atoms with E-state index in [9.17, 15) is 19.4 Å². The molecule has 106 valence electrons. The number of alkyl halides is 1. The molecule has 2 rings (SSSR count). The van der Waals surface area contributed by atoms with Crippen molar-refractivity contribution in [3.05, 3.63) is 27.4 Å². The number of nitrogens with one attached hydrogen (secondary N) is 1. The summed E-state index contributed by atoms with van der Waals surface area (Å²) in [4.78, 5) is 13.4. The lowest BCUT2D eigenvalue weighted by molar-refractivity contribution is -0.138. The van der Waals surface area contributed by atoms with E-state index < -0.39 is 42.9 Å². The van der Waals surface area contributed by atoms with Crippen LogP contribution in [0.1, 0.15) is 6.23 Å². The van der Waals surface area contributed by atoms with Gasteiger partial charge in [0.2, 0.25) is 0 Å². The zero-order chi connectivity index (χ0) is 14.2. The van der Waals surface area contributed by atoms with Gasteiger partial charge < -0.3 is 20.1 Å². The highest BCUT2D eigenvalue weighted by atomic mass is 32.1. The van der Waals surface area contributed by atoms with Crippen molar-refractivity contribution in [3.63, 3.8) is 0 Å². The molecule has 1 unspecified atom stereocenters. The molecule has 0 saturated carbocycles. The van der Waals surface area contributed by atoms with E-state index in [1.165, 1.54) is 10.8 Å². The van der Waals surface area contributed by atoms with Gasteiger partial charge in [-0.25, -0.2) is 4.39 Å². The van der Waals surface area contributed by atoms with Gasteiger partial charge in [0.05, 0.1) is 6.61 Å². The van der Waals surface area contributed by atoms with Crippen molar-refractivity contribution in [3.8, 4) is 0 Å². The molecule has 0 spiro atoms. The maximum atomic E-state index is 13.0. The number of aromatic amines is 1. The lowest BCUT2D eigenvalue weighted by Crippen LogP contribution is -2.48. The maximum absolute atomic E-state index is 13.0. The van der Waals surface area contributed by atoms with E-state index >= 15 is 0 Å². The summed E-state index contributed by atoms with van der Waals surface area (Å²) < 4.78 is 19.3. The van der Waals surface area contributed by atoms with Crippen LogP contribution in [0.25, 0.3) is 0 Å². The second-order valence-electron chi connectivity index (χ2n) is 4.32. The zero-order valence-electron chi connectivity index (χ0n) is 9.69. The van der Waals surface area contributed by atoms with Gasteiger partial charge in [-0.15, -0.1) is 0 Å². The molecule has 1 aliphatic heterocycles. The highest BCUT2D eigenvalue weighted by Gasteiger charge is 2.55. The molecular formula is C10H13FN2O5S. The predicted octanol–water partition coefficient (Wildman–Crippen LogP) is -1.14. The van der Waals surface area contributed by atoms with Gasteiger partial charge in [0, 0.05) is 12.3 Å². The molecule has 4 atom stereocenters. The minimum absolute atomic E-state index is 0.0450. The van der Waals surface area contributed by atoms with Crippen LogP contribution in [0.3, 0.4) is 0 Å². The minimum Gasteiger partial charge on any atom is -0.393 e. The van der Waals surface area contributed by atoms with E-state index in [1.807, 2.05) is 0 Å². The van der Waals surface area contributed by atoms with Crippen molar-refractivity contribution < 1.29 is 24.4 Å². The monoisotopic (exact) mass is 292 g/mol. The Hall–Kier alpha value is -1.13. The smallest absolute Gasteiger partial charge is 0.251 e. The Balaban J connectivity index is 2.42. The van der Waals surface area contributed by atoms with E-state index in [1.54, 1.807) is 0 Å². The third-order valence-electron chi connectivity index (χ3n) is 3.13. The predicted molar refractivity (Wildman–Crippen MR) is 63.8 cm³/mol. The summed E-state index contributed by atoms with van der Waals surface area (Å²) in [5.74, 6) is 0. The molecular weight excluding hydrogens is 279 g/mol. The van der Waals surface area contributed by atoms with Gasteiger partial charge in [0.25, 0.3) is 5.56 Å². The van der Waals surface area contributed by atoms with Gasteiger partial charge in [0.15, 0.2) is 16.6 Å². The number of aliphatic hydroxyl groups excluding tert-OH is 3. The van der Waals surface area contributed by atoms with Crippen molar-refractivity contribution in [2.75, 3.05) is 13.3 Å². The van der Waals surface area contributed by atoms with Crippen LogP contribution < -0.4 is 5.56 Å². The molecule has 0 bridgehead atoms. The van der Waals surface area contributed by atoms with E-state index in [0.717, 1.165) is 6.07 Å². The number of halogens is 1. The number of aromatic nitrogens is 2. The van der Waals surface area contributed by atoms with Gasteiger partial charge in [-0.05, 0) is 12.2 Å². The number of ether oxygens (including phenoxy) is 1. The van der Waals surface area contributed by atoms with Gasteiger partial charge in [-0.2, -0.15) is 0 Å². The second-order valence-corrected chi connectivity index (χ2v) is 4.70.